The molecular weight excluding hydrogens is 376 g/mol. The van der Waals surface area contributed by atoms with E-state index in [1.54, 1.807) is 30.3 Å². The van der Waals surface area contributed by atoms with Gasteiger partial charge in [0.05, 0.1) is 13.0 Å². The Morgan fingerprint density at radius 3 is 2.25 bits per heavy atom. The molecule has 0 aliphatic carbocycles. The van der Waals surface area contributed by atoms with Gasteiger partial charge < -0.3 is 5.32 Å². The number of benzene rings is 2. The lowest BCUT2D eigenvalue weighted by atomic mass is 10.1. The Morgan fingerprint density at radius 1 is 1.04 bits per heavy atom. The first-order valence-corrected chi connectivity index (χ1v) is 9.17. The van der Waals surface area contributed by atoms with Crippen LogP contribution in [0.2, 0.25) is 0 Å². The predicted molar refractivity (Wildman–Crippen MR) is 108 cm³/mol. The summed E-state index contributed by atoms with van der Waals surface area (Å²) >= 11 is 5.46. The highest BCUT2D eigenvalue weighted by atomic mass is 32.1. The Kier molecular flexibility index (Phi) is 6.00. The van der Waals surface area contributed by atoms with Gasteiger partial charge in [-0.05, 0) is 29.9 Å². The minimum absolute atomic E-state index is 0.115. The van der Waals surface area contributed by atoms with Crippen molar-refractivity contribution in [3.05, 3.63) is 71.8 Å². The Balaban J connectivity index is 1.84. The van der Waals surface area contributed by atoms with Crippen molar-refractivity contribution in [1.82, 2.24) is 20.7 Å². The molecule has 0 unspecified atom stereocenters. The molecule has 1 aliphatic rings. The Morgan fingerprint density at radius 2 is 1.64 bits per heavy atom. The van der Waals surface area contributed by atoms with Crippen molar-refractivity contribution in [2.45, 2.75) is 19.0 Å². The van der Waals surface area contributed by atoms with Gasteiger partial charge in [-0.3, -0.25) is 24.7 Å². The number of hydrogen-bond donors (Lipinski definition) is 2. The fourth-order valence-electron chi connectivity index (χ4n) is 2.90. The number of hydrogen-bond acceptors (Lipinski definition) is 4. The first kappa shape index (κ1) is 19.5. The molecular formula is C20H20N4O3S. The highest BCUT2D eigenvalue weighted by Crippen LogP contribution is 2.21. The van der Waals surface area contributed by atoms with Crippen molar-refractivity contribution in [2.24, 2.45) is 0 Å². The van der Waals surface area contributed by atoms with Crippen LogP contribution in [0.3, 0.4) is 0 Å². The van der Waals surface area contributed by atoms with Crippen LogP contribution in [0.4, 0.5) is 0 Å². The molecule has 1 fully saturated rings. The fourth-order valence-corrected chi connectivity index (χ4v) is 3.23. The van der Waals surface area contributed by atoms with E-state index in [4.69, 9.17) is 12.2 Å². The lowest BCUT2D eigenvalue weighted by Crippen LogP contribution is -2.50. The van der Waals surface area contributed by atoms with Crippen molar-refractivity contribution < 1.29 is 14.4 Å². The second-order valence-corrected chi connectivity index (χ2v) is 6.63. The van der Waals surface area contributed by atoms with E-state index in [0.29, 0.717) is 5.56 Å². The summed E-state index contributed by atoms with van der Waals surface area (Å²) in [5, 5.41) is 3.98. The summed E-state index contributed by atoms with van der Waals surface area (Å²) in [6, 6.07) is 17.1. The molecule has 3 amide bonds. The van der Waals surface area contributed by atoms with E-state index in [9.17, 15) is 14.4 Å². The highest BCUT2D eigenvalue weighted by Gasteiger charge is 2.44. The van der Waals surface area contributed by atoms with Gasteiger partial charge in [0.25, 0.3) is 11.8 Å². The minimum atomic E-state index is -0.899. The zero-order valence-electron chi connectivity index (χ0n) is 15.3. The van der Waals surface area contributed by atoms with Crippen LogP contribution < -0.4 is 10.7 Å². The molecule has 2 aromatic carbocycles. The molecule has 0 radical (unpaired) electrons. The SMILES string of the molecule is CNC(=O)C[C@@H]1C(=O)N(Cc2ccccc2)C(=S)N1NC(=O)c1ccccc1. The molecule has 2 aromatic rings. The first-order valence-electron chi connectivity index (χ1n) is 8.76. The summed E-state index contributed by atoms with van der Waals surface area (Å²) < 4.78 is 0. The molecule has 0 spiro atoms. The third-order valence-electron chi connectivity index (χ3n) is 4.40. The minimum Gasteiger partial charge on any atom is -0.359 e. The van der Waals surface area contributed by atoms with Crippen molar-refractivity contribution >= 4 is 35.1 Å². The number of nitrogens with one attached hydrogen (secondary N) is 2. The molecule has 0 aromatic heterocycles. The van der Waals surface area contributed by atoms with E-state index < -0.39 is 11.9 Å². The van der Waals surface area contributed by atoms with Crippen LogP contribution in [0.1, 0.15) is 22.3 Å². The summed E-state index contributed by atoms with van der Waals surface area (Å²) in [6.07, 6.45) is -0.115. The standard InChI is InChI=1S/C20H20N4O3S/c1-21-17(25)12-16-19(27)23(13-14-8-4-2-5-9-14)20(28)24(16)22-18(26)15-10-6-3-7-11-15/h2-11,16H,12-13H2,1H3,(H,21,25)(H,22,26)/t16-/m1/s1. The van der Waals surface area contributed by atoms with Crippen molar-refractivity contribution in [3.8, 4) is 0 Å². The van der Waals surface area contributed by atoms with E-state index in [0.717, 1.165) is 5.56 Å². The second kappa shape index (κ2) is 8.62. The van der Waals surface area contributed by atoms with Crippen LogP contribution >= 0.6 is 12.2 Å². The lowest BCUT2D eigenvalue weighted by molar-refractivity contribution is -0.132. The van der Waals surface area contributed by atoms with E-state index in [2.05, 4.69) is 10.7 Å². The second-order valence-electron chi connectivity index (χ2n) is 6.26. The van der Waals surface area contributed by atoms with Gasteiger partial charge in [0.1, 0.15) is 6.04 Å². The smallest absolute Gasteiger partial charge is 0.269 e. The van der Waals surface area contributed by atoms with Gasteiger partial charge in [-0.15, -0.1) is 0 Å². The molecule has 1 aliphatic heterocycles. The quantitative estimate of drug-likeness (QED) is 0.723. The maximum Gasteiger partial charge on any atom is 0.269 e. The lowest BCUT2D eigenvalue weighted by Gasteiger charge is -2.24. The van der Waals surface area contributed by atoms with E-state index in [1.807, 2.05) is 30.3 Å². The summed E-state index contributed by atoms with van der Waals surface area (Å²) in [7, 11) is 1.49. The monoisotopic (exact) mass is 396 g/mol. The van der Waals surface area contributed by atoms with Gasteiger partial charge in [0.2, 0.25) is 5.91 Å². The Bertz CT molecular complexity index is 889. The number of carbonyl (C=O) groups is 3. The van der Waals surface area contributed by atoms with Crippen LogP contribution in [-0.4, -0.2) is 45.8 Å². The van der Waals surface area contributed by atoms with Crippen molar-refractivity contribution in [3.63, 3.8) is 0 Å². The first-order chi connectivity index (χ1) is 13.5. The molecule has 2 N–H and O–H groups in total. The third-order valence-corrected chi connectivity index (χ3v) is 4.82. The number of nitrogens with zero attached hydrogens (tertiary/aromatic N) is 2. The van der Waals surface area contributed by atoms with Crippen molar-refractivity contribution in [2.75, 3.05) is 7.05 Å². The molecule has 144 valence electrons. The maximum atomic E-state index is 13.0. The van der Waals surface area contributed by atoms with Gasteiger partial charge >= 0.3 is 0 Å². The average Bonchev–Trinajstić information content (AvgIpc) is 2.93. The number of amides is 3. The zero-order chi connectivity index (χ0) is 20.1. The highest BCUT2D eigenvalue weighted by molar-refractivity contribution is 7.80. The maximum absolute atomic E-state index is 13.0. The van der Waals surface area contributed by atoms with Gasteiger partial charge in [-0.1, -0.05) is 48.5 Å². The van der Waals surface area contributed by atoms with Crippen LogP contribution in [0.5, 0.6) is 0 Å². The average molecular weight is 396 g/mol. The summed E-state index contributed by atoms with van der Waals surface area (Å²) in [5.41, 5.74) is 4.01. The van der Waals surface area contributed by atoms with Crippen LogP contribution in [-0.2, 0) is 16.1 Å². The van der Waals surface area contributed by atoms with E-state index >= 15 is 0 Å². The molecule has 28 heavy (non-hydrogen) atoms. The topological polar surface area (TPSA) is 81.8 Å². The molecule has 8 heteroatoms. The molecule has 1 saturated heterocycles. The molecule has 0 saturated carbocycles. The van der Waals surface area contributed by atoms with Gasteiger partial charge in [0, 0.05) is 12.6 Å². The van der Waals surface area contributed by atoms with Gasteiger partial charge in [-0.25, -0.2) is 5.01 Å². The fraction of sp³-hybridized carbons (Fsp3) is 0.200. The summed E-state index contributed by atoms with van der Waals surface area (Å²) in [6.45, 7) is 0.264. The Labute approximate surface area is 168 Å². The number of rotatable bonds is 6. The molecule has 1 heterocycles. The molecule has 3 rings (SSSR count). The molecule has 1 atom stereocenters. The molecule has 7 nitrogen and oxygen atoms in total. The number of hydrazine groups is 1. The van der Waals surface area contributed by atoms with Crippen LogP contribution in [0.25, 0.3) is 0 Å². The summed E-state index contributed by atoms with van der Waals surface area (Å²) in [5.74, 6) is -1.05. The zero-order valence-corrected chi connectivity index (χ0v) is 16.1. The van der Waals surface area contributed by atoms with Crippen molar-refractivity contribution in [1.29, 1.82) is 0 Å². The molecule has 0 bridgehead atoms. The van der Waals surface area contributed by atoms with E-state index in [-0.39, 0.29) is 29.9 Å². The number of carbonyl (C=O) groups excluding carboxylic acids is 3. The van der Waals surface area contributed by atoms with Crippen LogP contribution in [0.15, 0.2) is 60.7 Å². The normalized spacial score (nSPS) is 16.2. The van der Waals surface area contributed by atoms with E-state index in [1.165, 1.54) is 17.0 Å². The summed E-state index contributed by atoms with van der Waals surface area (Å²) in [4.78, 5) is 38.9. The van der Waals surface area contributed by atoms with Gasteiger partial charge in [-0.2, -0.15) is 0 Å². The van der Waals surface area contributed by atoms with Crippen LogP contribution in [0, 0.1) is 0 Å². The van der Waals surface area contributed by atoms with Gasteiger partial charge in [0.15, 0.2) is 5.11 Å². The number of thiocarbonyl (C=S) groups is 1. The third kappa shape index (κ3) is 4.17. The predicted octanol–water partition coefficient (Wildman–Crippen LogP) is 1.47. The largest absolute Gasteiger partial charge is 0.359 e. The Hall–Kier alpha value is -3.26.